The van der Waals surface area contributed by atoms with Crippen molar-refractivity contribution in [3.8, 4) is 45.2 Å². The maximum absolute atomic E-state index is 5.81. The highest BCUT2D eigenvalue weighted by Crippen LogP contribution is 2.47. The van der Waals surface area contributed by atoms with Gasteiger partial charge in [0.05, 0.1) is 22.2 Å². The van der Waals surface area contributed by atoms with Crippen LogP contribution in [0, 0.1) is 22.9 Å². The maximum Gasteiger partial charge on any atom is 0.146 e. The molecule has 0 unspecified atom stereocenters. The Labute approximate surface area is 395 Å². The Morgan fingerprint density at radius 2 is 0.667 bits per heavy atom. The Hall–Kier alpha value is -6.05. The molecule has 8 aromatic carbocycles. The second-order valence-corrected chi connectivity index (χ2v) is 31.8. The molecular formula is C62H64N2Si2. The zero-order valence-electron chi connectivity index (χ0n) is 41.1. The minimum Gasteiger partial charge on any atom is -0.243 e. The summed E-state index contributed by atoms with van der Waals surface area (Å²) in [5.74, 6) is 8.00. The van der Waals surface area contributed by atoms with E-state index in [0.29, 0.717) is 33.2 Å². The molecule has 0 amide bonds. The lowest BCUT2D eigenvalue weighted by Crippen LogP contribution is -2.43. The molecule has 0 atom stereocenters. The third kappa shape index (κ3) is 7.35. The molecule has 0 aliphatic heterocycles. The SMILES string of the molecule is CC(C)[Si](C#Cc1c2cc3ccccc3cc2c(C#C[Si](C(C)C)(C(C)C)C(C)C)c2nc3cc4c(-c5ccccc5)c5ccccc5c(-c5ccccc5)c4cc3nc12)(C(C)C)C(C)C. The molecule has 0 bridgehead atoms. The fourth-order valence-electron chi connectivity index (χ4n) is 12.3. The van der Waals surface area contributed by atoms with E-state index in [1.165, 1.54) is 43.8 Å². The van der Waals surface area contributed by atoms with Crippen molar-refractivity contribution in [2.24, 2.45) is 0 Å². The van der Waals surface area contributed by atoms with Gasteiger partial charge in [-0.1, -0.05) is 204 Å². The largest absolute Gasteiger partial charge is 0.243 e. The van der Waals surface area contributed by atoms with Crippen molar-refractivity contribution in [1.29, 1.82) is 0 Å². The summed E-state index contributed by atoms with van der Waals surface area (Å²) >= 11 is 0. The molecule has 66 heavy (non-hydrogen) atoms. The summed E-state index contributed by atoms with van der Waals surface area (Å²) in [6, 6.07) is 48.7. The van der Waals surface area contributed by atoms with Crippen LogP contribution < -0.4 is 0 Å². The standard InChI is InChI=1S/C62H64N2Si2/c1-39(2)65(40(3)4,41(5)6)33-31-51-53-35-47-27-19-20-28-48(47)36-54(53)52(32-34-66(42(7)8,43(9)10)44(11)12)62-61(51)63-57-37-55-56(38-58(57)64-62)60(46-25-17-14-18-26-46)50-30-22-21-29-49(50)59(55)45-23-15-13-16-24-45/h13-30,35-44H,1-12H3. The maximum atomic E-state index is 5.81. The van der Waals surface area contributed by atoms with Crippen molar-refractivity contribution < 1.29 is 0 Å². The van der Waals surface area contributed by atoms with E-state index in [1.54, 1.807) is 0 Å². The van der Waals surface area contributed by atoms with Crippen LogP contribution in [0.5, 0.6) is 0 Å². The van der Waals surface area contributed by atoms with Crippen LogP contribution in [0.15, 0.2) is 133 Å². The lowest BCUT2D eigenvalue weighted by Gasteiger charge is -2.38. The number of fused-ring (bicyclic) bond motifs is 6. The van der Waals surface area contributed by atoms with Crippen LogP contribution in [0.4, 0.5) is 0 Å². The molecule has 1 aromatic heterocycles. The highest BCUT2D eigenvalue weighted by molar-refractivity contribution is 6.91. The molecule has 0 fully saturated rings. The quantitative estimate of drug-likeness (QED) is 0.0863. The van der Waals surface area contributed by atoms with E-state index >= 15 is 0 Å². The van der Waals surface area contributed by atoms with E-state index in [9.17, 15) is 0 Å². The second kappa shape index (κ2) is 17.6. The topological polar surface area (TPSA) is 25.8 Å². The van der Waals surface area contributed by atoms with Gasteiger partial charge in [-0.3, -0.25) is 0 Å². The van der Waals surface area contributed by atoms with Crippen molar-refractivity contribution >= 4 is 81.3 Å². The summed E-state index contributed by atoms with van der Waals surface area (Å²) in [6.45, 7) is 28.8. The molecule has 0 aliphatic rings. The summed E-state index contributed by atoms with van der Waals surface area (Å²) in [7, 11) is -4.32. The van der Waals surface area contributed by atoms with E-state index in [-0.39, 0.29) is 0 Å². The molecule has 0 radical (unpaired) electrons. The molecule has 0 saturated carbocycles. The van der Waals surface area contributed by atoms with Crippen LogP contribution >= 0.6 is 0 Å². The van der Waals surface area contributed by atoms with E-state index < -0.39 is 16.1 Å². The first kappa shape index (κ1) is 45.1. The van der Waals surface area contributed by atoms with Crippen molar-refractivity contribution in [3.05, 3.63) is 145 Å². The summed E-state index contributed by atoms with van der Waals surface area (Å²) in [6.07, 6.45) is 0. The molecule has 9 aromatic rings. The zero-order valence-corrected chi connectivity index (χ0v) is 43.1. The van der Waals surface area contributed by atoms with Crippen LogP contribution in [-0.2, 0) is 0 Å². The highest BCUT2D eigenvalue weighted by atomic mass is 28.3. The van der Waals surface area contributed by atoms with Gasteiger partial charge in [0, 0.05) is 10.8 Å². The molecule has 0 aliphatic carbocycles. The van der Waals surface area contributed by atoms with Gasteiger partial charge in [0.2, 0.25) is 0 Å². The molecule has 0 saturated heterocycles. The monoisotopic (exact) mass is 892 g/mol. The molecule has 2 nitrogen and oxygen atoms in total. The molecular weight excluding hydrogens is 829 g/mol. The van der Waals surface area contributed by atoms with Gasteiger partial charge in [-0.2, -0.15) is 0 Å². The first-order chi connectivity index (χ1) is 31.7. The van der Waals surface area contributed by atoms with E-state index in [2.05, 4.69) is 239 Å². The average molecular weight is 893 g/mol. The Balaban J connectivity index is 1.52. The van der Waals surface area contributed by atoms with Gasteiger partial charge in [-0.25, -0.2) is 9.97 Å². The molecule has 9 rings (SSSR count). The number of nitrogens with zero attached hydrogens (tertiary/aromatic N) is 2. The van der Waals surface area contributed by atoms with Gasteiger partial charge in [0.15, 0.2) is 0 Å². The van der Waals surface area contributed by atoms with Crippen molar-refractivity contribution in [1.82, 2.24) is 9.97 Å². The number of aromatic nitrogens is 2. The lowest BCUT2D eigenvalue weighted by molar-refractivity contribution is 0.838. The summed E-state index contributed by atoms with van der Waals surface area (Å²) < 4.78 is 0. The molecule has 0 spiro atoms. The predicted molar refractivity (Wildman–Crippen MR) is 294 cm³/mol. The first-order valence-corrected chi connectivity index (χ1v) is 28.8. The first-order valence-electron chi connectivity index (χ1n) is 24.3. The average Bonchev–Trinajstić information content (AvgIpc) is 3.29. The number of hydrogen-bond donors (Lipinski definition) is 0. The van der Waals surface area contributed by atoms with Gasteiger partial charge in [-0.15, -0.1) is 11.1 Å². The van der Waals surface area contributed by atoms with Gasteiger partial charge < -0.3 is 0 Å². The minimum atomic E-state index is -2.16. The smallest absolute Gasteiger partial charge is 0.146 e. The van der Waals surface area contributed by atoms with Crippen LogP contribution in [-0.4, -0.2) is 26.1 Å². The van der Waals surface area contributed by atoms with Crippen molar-refractivity contribution in [2.75, 3.05) is 0 Å². The summed E-state index contributed by atoms with van der Waals surface area (Å²) in [5.41, 5.74) is 21.3. The Kier molecular flexibility index (Phi) is 12.1. The van der Waals surface area contributed by atoms with Gasteiger partial charge in [0.25, 0.3) is 0 Å². The van der Waals surface area contributed by atoms with Crippen LogP contribution in [0.3, 0.4) is 0 Å². The Morgan fingerprint density at radius 1 is 0.348 bits per heavy atom. The zero-order chi connectivity index (χ0) is 46.7. The summed E-state index contributed by atoms with van der Waals surface area (Å²) in [4.78, 5) is 11.6. The van der Waals surface area contributed by atoms with Gasteiger partial charge in [0.1, 0.15) is 27.2 Å². The number of hydrogen-bond acceptors (Lipinski definition) is 2. The van der Waals surface area contributed by atoms with Crippen molar-refractivity contribution in [2.45, 2.75) is 116 Å². The third-order valence-electron chi connectivity index (χ3n) is 15.4. The number of benzene rings is 8. The lowest BCUT2D eigenvalue weighted by atomic mass is 9.85. The number of rotatable bonds is 8. The normalized spacial score (nSPS) is 12.5. The minimum absolute atomic E-state index is 0.484. The fraction of sp³-hybridized carbons (Fsp3) is 0.290. The van der Waals surface area contributed by atoms with Gasteiger partial charge in [-0.05, 0) is 112 Å². The Morgan fingerprint density at radius 3 is 1.00 bits per heavy atom. The third-order valence-corrected chi connectivity index (χ3v) is 28.0. The molecule has 330 valence electrons. The van der Waals surface area contributed by atoms with Crippen molar-refractivity contribution in [3.63, 3.8) is 0 Å². The van der Waals surface area contributed by atoms with E-state index in [0.717, 1.165) is 54.7 Å². The second-order valence-electron chi connectivity index (χ2n) is 20.6. The summed E-state index contributed by atoms with van der Waals surface area (Å²) in [5, 5.41) is 9.35. The van der Waals surface area contributed by atoms with Crippen LogP contribution in [0.2, 0.25) is 33.2 Å². The van der Waals surface area contributed by atoms with E-state index in [1.807, 2.05) is 0 Å². The highest BCUT2D eigenvalue weighted by Gasteiger charge is 2.43. The van der Waals surface area contributed by atoms with Gasteiger partial charge >= 0.3 is 0 Å². The predicted octanol–water partition coefficient (Wildman–Crippen LogP) is 17.9. The Bertz CT molecular complexity index is 3180. The molecule has 1 heterocycles. The molecule has 0 N–H and O–H groups in total. The van der Waals surface area contributed by atoms with E-state index in [4.69, 9.17) is 9.97 Å². The fourth-order valence-corrected chi connectivity index (χ4v) is 22.7. The van der Waals surface area contributed by atoms with Crippen LogP contribution in [0.1, 0.15) is 94.2 Å². The van der Waals surface area contributed by atoms with Crippen LogP contribution in [0.25, 0.3) is 87.4 Å². The molecule has 4 heteroatoms.